The van der Waals surface area contributed by atoms with Gasteiger partial charge in [-0.2, -0.15) is 15.8 Å². The third-order valence-corrected chi connectivity index (χ3v) is 6.38. The molecule has 4 unspecified atom stereocenters. The van der Waals surface area contributed by atoms with Gasteiger partial charge in [0.15, 0.2) is 17.0 Å². The van der Waals surface area contributed by atoms with E-state index in [2.05, 4.69) is 0 Å². The zero-order chi connectivity index (χ0) is 22.6. The van der Waals surface area contributed by atoms with Crippen molar-refractivity contribution in [2.24, 2.45) is 16.7 Å². The molecular weight excluding hydrogens is 426 g/mol. The Kier molecular flexibility index (Phi) is 4.52. The van der Waals surface area contributed by atoms with Gasteiger partial charge in [-0.1, -0.05) is 36.7 Å². The largest absolute Gasteiger partial charge is 0.443 e. The number of hydrogen-bond donors (Lipinski definition) is 1. The van der Waals surface area contributed by atoms with Crippen molar-refractivity contribution in [3.63, 3.8) is 0 Å². The maximum Gasteiger partial charge on any atom is 0.244 e. The van der Waals surface area contributed by atoms with Crippen LogP contribution in [0.4, 0.5) is 8.78 Å². The summed E-state index contributed by atoms with van der Waals surface area (Å²) in [5.74, 6) is -5.70. The van der Waals surface area contributed by atoms with Crippen molar-refractivity contribution in [1.82, 2.24) is 0 Å². The highest BCUT2D eigenvalue weighted by atomic mass is 35.5. The monoisotopic (exact) mass is 438 g/mol. The summed E-state index contributed by atoms with van der Waals surface area (Å²) in [4.78, 5) is 0. The molecule has 2 aliphatic heterocycles. The van der Waals surface area contributed by atoms with E-state index >= 15 is 0 Å². The van der Waals surface area contributed by atoms with Crippen molar-refractivity contribution in [3.8, 4) is 18.2 Å². The molecule has 2 saturated heterocycles. The second-order valence-corrected chi connectivity index (χ2v) is 7.89. The zero-order valence-corrected chi connectivity index (χ0v) is 16.7. The topological polar surface area (TPSA) is 114 Å². The maximum absolute atomic E-state index is 14.1. The van der Waals surface area contributed by atoms with E-state index < -0.39 is 46.2 Å². The molecule has 4 atom stereocenters. The summed E-state index contributed by atoms with van der Waals surface area (Å²) >= 11 is 6.13. The van der Waals surface area contributed by atoms with E-state index in [4.69, 9.17) is 26.5 Å². The Balaban J connectivity index is 2.06. The van der Waals surface area contributed by atoms with Crippen LogP contribution in [0.15, 0.2) is 42.5 Å². The molecule has 31 heavy (non-hydrogen) atoms. The van der Waals surface area contributed by atoms with Crippen LogP contribution in [0, 0.1) is 67.8 Å². The Bertz CT molecular complexity index is 1230. The summed E-state index contributed by atoms with van der Waals surface area (Å²) in [6.07, 6.45) is -1.53. The standard InChI is InChI=1S/C22H13ClF2N4O2/c1-12-21(11-28)19(29)31-22(12,14-3-2-4-15(23)8-14)30-18(20(21,9-26)10-27)13-5-6-16(24)17(25)7-13/h2-8,12,18,29H,1H3. The summed E-state index contributed by atoms with van der Waals surface area (Å²) < 4.78 is 39.6. The van der Waals surface area contributed by atoms with Gasteiger partial charge in [0.1, 0.15) is 6.10 Å². The first-order valence-electron chi connectivity index (χ1n) is 9.13. The van der Waals surface area contributed by atoms with Crippen LogP contribution < -0.4 is 0 Å². The van der Waals surface area contributed by atoms with Gasteiger partial charge < -0.3 is 9.47 Å². The lowest BCUT2D eigenvalue weighted by atomic mass is 9.53. The van der Waals surface area contributed by atoms with E-state index in [0.29, 0.717) is 10.6 Å². The molecule has 0 aliphatic carbocycles. The molecule has 154 valence electrons. The normalized spacial score (nSPS) is 30.5. The van der Waals surface area contributed by atoms with E-state index in [9.17, 15) is 24.6 Å². The second-order valence-electron chi connectivity index (χ2n) is 7.45. The molecule has 0 aromatic heterocycles. The van der Waals surface area contributed by atoms with Gasteiger partial charge >= 0.3 is 0 Å². The van der Waals surface area contributed by atoms with E-state index in [1.165, 1.54) is 19.1 Å². The van der Waals surface area contributed by atoms with Crippen molar-refractivity contribution in [2.75, 3.05) is 0 Å². The molecule has 2 aromatic carbocycles. The third kappa shape index (κ3) is 2.39. The molecule has 2 bridgehead atoms. The number of nitrogens with one attached hydrogen (secondary N) is 1. The summed E-state index contributed by atoms with van der Waals surface area (Å²) in [7, 11) is 0. The lowest BCUT2D eigenvalue weighted by molar-refractivity contribution is -0.288. The summed E-state index contributed by atoms with van der Waals surface area (Å²) in [6.45, 7) is 1.54. The number of hydrogen-bond acceptors (Lipinski definition) is 6. The number of rotatable bonds is 2. The van der Waals surface area contributed by atoms with Crippen molar-refractivity contribution < 1.29 is 18.3 Å². The number of nitrogens with zero attached hydrogens (tertiary/aromatic N) is 3. The minimum atomic E-state index is -2.28. The molecule has 4 rings (SSSR count). The Morgan fingerprint density at radius 2 is 1.74 bits per heavy atom. The Labute approximate surface area is 181 Å². The number of nitriles is 3. The SMILES string of the molecule is CC1C2(c3cccc(Cl)c3)OC(=N)C1(C#N)C(C#N)(C#N)C(c1ccc(F)c(F)c1)O2. The summed E-state index contributed by atoms with van der Waals surface area (Å²) in [6, 6.07) is 14.8. The average molecular weight is 439 g/mol. The lowest BCUT2D eigenvalue weighted by Gasteiger charge is -2.48. The van der Waals surface area contributed by atoms with E-state index in [1.54, 1.807) is 18.2 Å². The first-order chi connectivity index (χ1) is 14.7. The summed E-state index contributed by atoms with van der Waals surface area (Å²) in [5.41, 5.74) is -4.02. The predicted octanol–water partition coefficient (Wildman–Crippen LogP) is 4.73. The highest BCUT2D eigenvalue weighted by Crippen LogP contribution is 2.69. The van der Waals surface area contributed by atoms with Gasteiger partial charge in [0.05, 0.1) is 24.1 Å². The van der Waals surface area contributed by atoms with Crippen LogP contribution in [-0.4, -0.2) is 5.90 Å². The molecular formula is C22H13ClF2N4O2. The highest BCUT2D eigenvalue weighted by molar-refractivity contribution is 6.30. The van der Waals surface area contributed by atoms with Crippen molar-refractivity contribution in [3.05, 3.63) is 70.2 Å². The molecule has 0 saturated carbocycles. The van der Waals surface area contributed by atoms with E-state index in [1.807, 2.05) is 18.2 Å². The van der Waals surface area contributed by atoms with Gasteiger partial charge in [0, 0.05) is 10.6 Å². The minimum absolute atomic E-state index is 0.0433. The van der Waals surface area contributed by atoms with E-state index in [0.717, 1.165) is 12.1 Å². The molecule has 0 spiro atoms. The van der Waals surface area contributed by atoms with Crippen molar-refractivity contribution >= 4 is 17.5 Å². The fourth-order valence-electron chi connectivity index (χ4n) is 4.55. The molecule has 6 nitrogen and oxygen atoms in total. The van der Waals surface area contributed by atoms with Crippen LogP contribution in [-0.2, 0) is 15.3 Å². The molecule has 2 heterocycles. The first-order valence-corrected chi connectivity index (χ1v) is 9.51. The number of benzene rings is 2. The number of ether oxygens (including phenoxy) is 2. The van der Waals surface area contributed by atoms with Gasteiger partial charge in [0.25, 0.3) is 0 Å². The molecule has 2 fully saturated rings. The van der Waals surface area contributed by atoms with Crippen molar-refractivity contribution in [2.45, 2.75) is 18.8 Å². The average Bonchev–Trinajstić information content (AvgIpc) is 2.92. The predicted molar refractivity (Wildman–Crippen MR) is 103 cm³/mol. The van der Waals surface area contributed by atoms with Gasteiger partial charge in [-0.25, -0.2) is 8.78 Å². The minimum Gasteiger partial charge on any atom is -0.443 e. The second kappa shape index (κ2) is 6.75. The van der Waals surface area contributed by atoms with E-state index in [-0.39, 0.29) is 5.56 Å². The maximum atomic E-state index is 14.1. The van der Waals surface area contributed by atoms with Gasteiger partial charge in [0.2, 0.25) is 17.1 Å². The van der Waals surface area contributed by atoms with Gasteiger partial charge in [-0.15, -0.1) is 0 Å². The van der Waals surface area contributed by atoms with Gasteiger partial charge in [-0.05, 0) is 29.8 Å². The quantitative estimate of drug-likeness (QED) is 0.728. The lowest BCUT2D eigenvalue weighted by Crippen LogP contribution is -2.57. The van der Waals surface area contributed by atoms with Crippen LogP contribution in [0.25, 0.3) is 0 Å². The fourth-order valence-corrected chi connectivity index (χ4v) is 4.74. The Morgan fingerprint density at radius 1 is 1.03 bits per heavy atom. The highest BCUT2D eigenvalue weighted by Gasteiger charge is 2.79. The molecule has 9 heteroatoms. The van der Waals surface area contributed by atoms with Crippen LogP contribution in [0.1, 0.15) is 24.2 Å². The smallest absolute Gasteiger partial charge is 0.244 e. The first kappa shape index (κ1) is 20.8. The van der Waals surface area contributed by atoms with Crippen molar-refractivity contribution in [1.29, 1.82) is 21.2 Å². The van der Waals surface area contributed by atoms with Crippen LogP contribution in [0.3, 0.4) is 0 Å². The van der Waals surface area contributed by atoms with Crippen LogP contribution >= 0.6 is 11.6 Å². The summed E-state index contributed by atoms with van der Waals surface area (Å²) in [5, 5.41) is 39.2. The number of fused-ring (bicyclic) bond motifs is 2. The van der Waals surface area contributed by atoms with Crippen LogP contribution in [0.5, 0.6) is 0 Å². The molecule has 2 aromatic rings. The molecule has 1 N–H and O–H groups in total. The Morgan fingerprint density at radius 3 is 2.32 bits per heavy atom. The van der Waals surface area contributed by atoms with Gasteiger partial charge in [-0.3, -0.25) is 5.41 Å². The number of halogens is 3. The fraction of sp³-hybridized carbons (Fsp3) is 0.273. The van der Waals surface area contributed by atoms with Crippen LogP contribution in [0.2, 0.25) is 5.02 Å². The molecule has 0 amide bonds. The zero-order valence-electron chi connectivity index (χ0n) is 16.0. The third-order valence-electron chi connectivity index (χ3n) is 6.14. The molecule has 0 radical (unpaired) electrons. The molecule has 2 aliphatic rings. The Hall–Kier alpha value is -3.51.